The number of benzene rings is 2. The standard InChI is InChI=1S/C24H26N4O2S/c1-5-23-25-26-24-22(11-8-14-27(23)24)31(29,30)28(16-20-10-7-6-9-18(20)3)21-13-12-17(2)19(4)15-21/h6-15H,5,16H2,1-4H3. The molecule has 0 N–H and O–H groups in total. The second kappa shape index (κ2) is 8.15. The zero-order valence-corrected chi connectivity index (χ0v) is 19.0. The Morgan fingerprint density at radius 3 is 2.39 bits per heavy atom. The Bertz CT molecular complexity index is 1360. The minimum atomic E-state index is -3.91. The molecular formula is C24H26N4O2S. The average Bonchev–Trinajstić information content (AvgIpc) is 3.18. The molecule has 0 aliphatic carbocycles. The van der Waals surface area contributed by atoms with Crippen molar-refractivity contribution in [2.45, 2.75) is 45.6 Å². The molecule has 0 radical (unpaired) electrons. The minimum absolute atomic E-state index is 0.147. The summed E-state index contributed by atoms with van der Waals surface area (Å²) in [6, 6.07) is 16.9. The minimum Gasteiger partial charge on any atom is -0.285 e. The van der Waals surface area contributed by atoms with Crippen molar-refractivity contribution in [2.24, 2.45) is 0 Å². The fraction of sp³-hybridized carbons (Fsp3) is 0.250. The third-order valence-corrected chi connectivity index (χ3v) is 7.50. The molecule has 0 unspecified atom stereocenters. The van der Waals surface area contributed by atoms with Crippen LogP contribution in [-0.4, -0.2) is 23.0 Å². The Morgan fingerprint density at radius 2 is 1.68 bits per heavy atom. The maximum atomic E-state index is 14.0. The van der Waals surface area contributed by atoms with Crippen LogP contribution in [0.4, 0.5) is 5.69 Å². The number of rotatable bonds is 6. The molecule has 6 nitrogen and oxygen atoms in total. The van der Waals surface area contributed by atoms with Gasteiger partial charge < -0.3 is 0 Å². The van der Waals surface area contributed by atoms with Gasteiger partial charge in [-0.3, -0.25) is 8.71 Å². The fourth-order valence-electron chi connectivity index (χ4n) is 3.64. The number of aryl methyl sites for hydroxylation is 4. The van der Waals surface area contributed by atoms with E-state index in [0.29, 0.717) is 17.8 Å². The molecule has 7 heteroatoms. The molecule has 4 rings (SSSR count). The number of aromatic nitrogens is 3. The maximum absolute atomic E-state index is 14.0. The molecular weight excluding hydrogens is 408 g/mol. The Morgan fingerprint density at radius 1 is 0.903 bits per heavy atom. The number of pyridine rings is 1. The van der Waals surface area contributed by atoms with Crippen molar-refractivity contribution in [1.29, 1.82) is 0 Å². The van der Waals surface area contributed by atoms with Gasteiger partial charge in [0.2, 0.25) is 0 Å². The van der Waals surface area contributed by atoms with Crippen LogP contribution >= 0.6 is 0 Å². The molecule has 0 aliphatic heterocycles. The monoisotopic (exact) mass is 434 g/mol. The summed E-state index contributed by atoms with van der Waals surface area (Å²) in [7, 11) is -3.91. The normalized spacial score (nSPS) is 11.7. The number of hydrogen-bond donors (Lipinski definition) is 0. The van der Waals surface area contributed by atoms with Crippen molar-refractivity contribution in [1.82, 2.24) is 14.6 Å². The maximum Gasteiger partial charge on any atom is 0.268 e. The van der Waals surface area contributed by atoms with E-state index in [0.717, 1.165) is 28.1 Å². The summed E-state index contributed by atoms with van der Waals surface area (Å²) in [6.07, 6.45) is 2.46. The van der Waals surface area contributed by atoms with Crippen molar-refractivity contribution >= 4 is 21.4 Å². The van der Waals surface area contributed by atoms with Gasteiger partial charge in [-0.1, -0.05) is 37.3 Å². The Kier molecular flexibility index (Phi) is 5.54. The van der Waals surface area contributed by atoms with Gasteiger partial charge in [0.25, 0.3) is 10.0 Å². The highest BCUT2D eigenvalue weighted by molar-refractivity contribution is 7.93. The van der Waals surface area contributed by atoms with Gasteiger partial charge in [0.15, 0.2) is 5.65 Å². The van der Waals surface area contributed by atoms with E-state index in [-0.39, 0.29) is 11.4 Å². The van der Waals surface area contributed by atoms with E-state index >= 15 is 0 Å². The summed E-state index contributed by atoms with van der Waals surface area (Å²) >= 11 is 0. The summed E-state index contributed by atoms with van der Waals surface area (Å²) < 4.78 is 31.2. The summed E-state index contributed by atoms with van der Waals surface area (Å²) in [4.78, 5) is 0.147. The van der Waals surface area contributed by atoms with E-state index in [1.54, 1.807) is 22.7 Å². The molecule has 0 bridgehead atoms. The van der Waals surface area contributed by atoms with Gasteiger partial charge in [0, 0.05) is 12.6 Å². The predicted octanol–water partition coefficient (Wildman–Crippen LogP) is 4.61. The number of hydrogen-bond acceptors (Lipinski definition) is 4. The smallest absolute Gasteiger partial charge is 0.268 e. The zero-order chi connectivity index (χ0) is 22.2. The van der Waals surface area contributed by atoms with Gasteiger partial charge in [-0.25, -0.2) is 8.42 Å². The lowest BCUT2D eigenvalue weighted by Gasteiger charge is -2.26. The number of fused-ring (bicyclic) bond motifs is 1. The van der Waals surface area contributed by atoms with Gasteiger partial charge in [0.05, 0.1) is 12.2 Å². The largest absolute Gasteiger partial charge is 0.285 e. The van der Waals surface area contributed by atoms with Crippen LogP contribution in [-0.2, 0) is 23.0 Å². The molecule has 0 amide bonds. The fourth-order valence-corrected chi connectivity index (χ4v) is 5.20. The van der Waals surface area contributed by atoms with Crippen molar-refractivity contribution in [3.05, 3.63) is 88.9 Å². The first-order valence-corrected chi connectivity index (χ1v) is 11.7. The van der Waals surface area contributed by atoms with Crippen LogP contribution < -0.4 is 4.31 Å². The van der Waals surface area contributed by atoms with Crippen molar-refractivity contribution in [3.8, 4) is 0 Å². The van der Waals surface area contributed by atoms with Crippen LogP contribution in [0.2, 0.25) is 0 Å². The van der Waals surface area contributed by atoms with E-state index in [1.807, 2.05) is 70.2 Å². The third kappa shape index (κ3) is 3.81. The summed E-state index contributed by atoms with van der Waals surface area (Å²) in [5, 5.41) is 8.37. The number of anilines is 1. The Balaban J connectivity index is 1.91. The Labute approximate surface area is 183 Å². The second-order valence-corrected chi connectivity index (χ2v) is 9.57. The first-order chi connectivity index (χ1) is 14.8. The average molecular weight is 435 g/mol. The third-order valence-electron chi connectivity index (χ3n) is 5.71. The SMILES string of the molecule is CCc1nnc2c(S(=O)(=O)N(Cc3ccccc3C)c3ccc(C)c(C)c3)cccn12. The van der Waals surface area contributed by atoms with E-state index in [4.69, 9.17) is 0 Å². The van der Waals surface area contributed by atoms with Gasteiger partial charge >= 0.3 is 0 Å². The lowest BCUT2D eigenvalue weighted by molar-refractivity contribution is 0.590. The molecule has 4 aromatic rings. The Hall–Kier alpha value is -3.19. The quantitative estimate of drug-likeness (QED) is 0.444. The number of nitrogens with zero attached hydrogens (tertiary/aromatic N) is 4. The lowest BCUT2D eigenvalue weighted by atomic mass is 10.1. The topological polar surface area (TPSA) is 67.6 Å². The molecule has 160 valence electrons. The van der Waals surface area contributed by atoms with Crippen molar-refractivity contribution in [3.63, 3.8) is 0 Å². The van der Waals surface area contributed by atoms with E-state index in [9.17, 15) is 8.42 Å². The van der Waals surface area contributed by atoms with Crippen molar-refractivity contribution < 1.29 is 8.42 Å². The van der Waals surface area contributed by atoms with Crippen LogP contribution in [0.15, 0.2) is 65.7 Å². The highest BCUT2D eigenvalue weighted by atomic mass is 32.2. The van der Waals surface area contributed by atoms with Gasteiger partial charge in [-0.05, 0) is 67.3 Å². The van der Waals surface area contributed by atoms with Gasteiger partial charge in [-0.15, -0.1) is 10.2 Å². The van der Waals surface area contributed by atoms with Crippen LogP contribution in [0.25, 0.3) is 5.65 Å². The first-order valence-electron chi connectivity index (χ1n) is 10.3. The molecule has 0 saturated carbocycles. The van der Waals surface area contributed by atoms with E-state index < -0.39 is 10.0 Å². The van der Waals surface area contributed by atoms with Gasteiger partial charge in [0.1, 0.15) is 10.7 Å². The molecule has 0 spiro atoms. The first kappa shape index (κ1) is 21.1. The molecule has 2 aromatic heterocycles. The van der Waals surface area contributed by atoms with Crippen LogP contribution in [0, 0.1) is 20.8 Å². The molecule has 2 aromatic carbocycles. The van der Waals surface area contributed by atoms with Gasteiger partial charge in [-0.2, -0.15) is 0 Å². The van der Waals surface area contributed by atoms with Crippen LogP contribution in [0.1, 0.15) is 35.0 Å². The molecule has 0 aliphatic rings. The van der Waals surface area contributed by atoms with Crippen LogP contribution in [0.5, 0.6) is 0 Å². The summed E-state index contributed by atoms with van der Waals surface area (Å²) in [6.45, 7) is 8.20. The zero-order valence-electron chi connectivity index (χ0n) is 18.2. The number of sulfonamides is 1. The second-order valence-electron chi connectivity index (χ2n) is 7.74. The predicted molar refractivity (Wildman–Crippen MR) is 123 cm³/mol. The summed E-state index contributed by atoms with van der Waals surface area (Å²) in [5.74, 6) is 0.726. The van der Waals surface area contributed by atoms with Crippen molar-refractivity contribution in [2.75, 3.05) is 4.31 Å². The summed E-state index contributed by atoms with van der Waals surface area (Å²) in [5.41, 5.74) is 5.12. The van der Waals surface area contributed by atoms with Crippen LogP contribution in [0.3, 0.4) is 0 Å². The van der Waals surface area contributed by atoms with E-state index in [2.05, 4.69) is 10.2 Å². The molecule has 2 heterocycles. The molecule has 0 saturated heterocycles. The molecule has 0 atom stereocenters. The molecule has 31 heavy (non-hydrogen) atoms. The highest BCUT2D eigenvalue weighted by Gasteiger charge is 2.29. The lowest BCUT2D eigenvalue weighted by Crippen LogP contribution is -2.31. The highest BCUT2D eigenvalue weighted by Crippen LogP contribution is 2.30. The molecule has 0 fully saturated rings. The van der Waals surface area contributed by atoms with E-state index in [1.165, 1.54) is 4.31 Å².